The molecule has 90 valence electrons. The number of benzene rings is 1. The molecule has 0 spiro atoms. The Kier molecular flexibility index (Phi) is 9.20. The fraction of sp³-hybridized carbons (Fsp3) is 0.364. The zero-order chi connectivity index (χ0) is 12.2. The highest BCUT2D eigenvalue weighted by molar-refractivity contribution is 5.85. The highest BCUT2D eigenvalue weighted by Crippen LogP contribution is 1.94. The molecule has 1 aromatic rings. The van der Waals surface area contributed by atoms with Crippen LogP contribution in [-0.4, -0.2) is 42.5 Å². The normalized spacial score (nSPS) is 9.12. The van der Waals surface area contributed by atoms with E-state index in [9.17, 15) is 9.90 Å². The monoisotopic (exact) mass is 226 g/mol. The van der Waals surface area contributed by atoms with Gasteiger partial charge in [-0.1, -0.05) is 30.3 Å². The standard InChI is InChI=1S/C7H6O2.C4H11NO2/c8-7(9)6-4-2-1-3-5-6;6-3-1-5-2-4-7/h1-5H,(H,8,9);5-7H,1-4H2/p-1. The first-order chi connectivity index (χ1) is 7.72. The summed E-state index contributed by atoms with van der Waals surface area (Å²) < 4.78 is 0. The number of aliphatic hydroxyl groups is 2. The number of carbonyl (C=O) groups excluding carboxylic acids is 1. The molecule has 0 atom stereocenters. The molecule has 1 rings (SSSR count). The van der Waals surface area contributed by atoms with Crippen molar-refractivity contribution in [1.29, 1.82) is 0 Å². The van der Waals surface area contributed by atoms with Gasteiger partial charge in [-0.2, -0.15) is 0 Å². The molecule has 0 aliphatic heterocycles. The topological polar surface area (TPSA) is 92.6 Å². The van der Waals surface area contributed by atoms with Gasteiger partial charge in [0.2, 0.25) is 0 Å². The van der Waals surface area contributed by atoms with E-state index in [1.807, 2.05) is 0 Å². The first-order valence-corrected chi connectivity index (χ1v) is 4.91. The maximum absolute atomic E-state index is 10.1. The van der Waals surface area contributed by atoms with Gasteiger partial charge < -0.3 is 25.4 Å². The van der Waals surface area contributed by atoms with Crippen molar-refractivity contribution in [3.05, 3.63) is 35.9 Å². The maximum Gasteiger partial charge on any atom is 0.0715 e. The molecule has 5 nitrogen and oxygen atoms in total. The average molecular weight is 226 g/mol. The molecule has 5 heteroatoms. The van der Waals surface area contributed by atoms with Gasteiger partial charge in [-0.25, -0.2) is 0 Å². The fourth-order valence-electron chi connectivity index (χ4n) is 0.857. The summed E-state index contributed by atoms with van der Waals surface area (Å²) in [4.78, 5) is 10.1. The summed E-state index contributed by atoms with van der Waals surface area (Å²) >= 11 is 0. The van der Waals surface area contributed by atoms with Gasteiger partial charge in [0, 0.05) is 13.1 Å². The van der Waals surface area contributed by atoms with Crippen LogP contribution in [0.25, 0.3) is 0 Å². The first-order valence-electron chi connectivity index (χ1n) is 4.91. The molecule has 0 heterocycles. The molecule has 16 heavy (non-hydrogen) atoms. The third-order valence-corrected chi connectivity index (χ3v) is 1.59. The number of carboxylic acids is 1. The summed E-state index contributed by atoms with van der Waals surface area (Å²) in [5.41, 5.74) is 0.220. The second kappa shape index (κ2) is 10.1. The lowest BCUT2D eigenvalue weighted by Gasteiger charge is -1.97. The smallest absolute Gasteiger partial charge is 0.0715 e. The molecule has 1 aromatic carbocycles. The molecule has 0 bridgehead atoms. The minimum Gasteiger partial charge on any atom is -0.545 e. The van der Waals surface area contributed by atoms with Crippen molar-refractivity contribution in [2.75, 3.05) is 26.3 Å². The summed E-state index contributed by atoms with van der Waals surface area (Å²) in [7, 11) is 0. The van der Waals surface area contributed by atoms with Crippen molar-refractivity contribution in [3.63, 3.8) is 0 Å². The van der Waals surface area contributed by atoms with Crippen molar-refractivity contribution in [3.8, 4) is 0 Å². The van der Waals surface area contributed by atoms with Crippen LogP contribution >= 0.6 is 0 Å². The number of carbonyl (C=O) groups is 1. The van der Waals surface area contributed by atoms with Crippen LogP contribution in [0.2, 0.25) is 0 Å². The molecule has 0 saturated heterocycles. The number of aliphatic hydroxyl groups excluding tert-OH is 2. The van der Waals surface area contributed by atoms with Gasteiger partial charge in [0.25, 0.3) is 0 Å². The van der Waals surface area contributed by atoms with Gasteiger partial charge >= 0.3 is 0 Å². The van der Waals surface area contributed by atoms with E-state index in [2.05, 4.69) is 5.32 Å². The van der Waals surface area contributed by atoms with Crippen LogP contribution in [0.4, 0.5) is 0 Å². The van der Waals surface area contributed by atoms with Crippen LogP contribution < -0.4 is 10.4 Å². The van der Waals surface area contributed by atoms with Crippen molar-refractivity contribution in [2.24, 2.45) is 0 Å². The molecule has 3 N–H and O–H groups in total. The molecular weight excluding hydrogens is 210 g/mol. The van der Waals surface area contributed by atoms with Crippen molar-refractivity contribution >= 4 is 5.97 Å². The average Bonchev–Trinajstić information content (AvgIpc) is 2.32. The Labute approximate surface area is 94.4 Å². The molecular formula is C11H16NO4-. The quantitative estimate of drug-likeness (QED) is 0.538. The van der Waals surface area contributed by atoms with Crippen molar-refractivity contribution in [1.82, 2.24) is 5.32 Å². The lowest BCUT2D eigenvalue weighted by atomic mass is 10.2. The molecule has 0 unspecified atom stereocenters. The molecule has 0 radical (unpaired) electrons. The Morgan fingerprint density at radius 2 is 1.62 bits per heavy atom. The molecule has 0 aliphatic rings. The highest BCUT2D eigenvalue weighted by Gasteiger charge is 1.85. The summed E-state index contributed by atoms with van der Waals surface area (Å²) in [6, 6.07) is 8.06. The lowest BCUT2D eigenvalue weighted by molar-refractivity contribution is -0.255. The van der Waals surface area contributed by atoms with Crippen LogP contribution in [0.1, 0.15) is 10.4 Å². The Morgan fingerprint density at radius 1 is 1.12 bits per heavy atom. The van der Waals surface area contributed by atoms with Gasteiger partial charge in [0.05, 0.1) is 19.2 Å². The Hall–Kier alpha value is -1.43. The zero-order valence-electron chi connectivity index (χ0n) is 8.93. The summed E-state index contributed by atoms with van der Waals surface area (Å²) in [6.07, 6.45) is 0. The van der Waals surface area contributed by atoms with E-state index in [0.29, 0.717) is 13.1 Å². The van der Waals surface area contributed by atoms with Gasteiger partial charge in [-0.3, -0.25) is 0 Å². The maximum atomic E-state index is 10.1. The van der Waals surface area contributed by atoms with E-state index < -0.39 is 5.97 Å². The summed E-state index contributed by atoms with van der Waals surface area (Å²) in [6.45, 7) is 1.42. The van der Waals surface area contributed by atoms with Crippen LogP contribution in [0.3, 0.4) is 0 Å². The van der Waals surface area contributed by atoms with Crippen molar-refractivity contribution in [2.45, 2.75) is 0 Å². The van der Waals surface area contributed by atoms with E-state index in [4.69, 9.17) is 10.2 Å². The minimum atomic E-state index is -1.13. The predicted molar refractivity (Wildman–Crippen MR) is 57.8 cm³/mol. The Morgan fingerprint density at radius 3 is 1.94 bits per heavy atom. The van der Waals surface area contributed by atoms with Crippen LogP contribution in [0, 0.1) is 0 Å². The predicted octanol–water partition coefficient (Wildman–Crippen LogP) is -1.39. The molecule has 0 fully saturated rings. The van der Waals surface area contributed by atoms with Gasteiger partial charge in [-0.15, -0.1) is 0 Å². The molecule has 0 aliphatic carbocycles. The van der Waals surface area contributed by atoms with E-state index in [-0.39, 0.29) is 18.8 Å². The first kappa shape index (κ1) is 14.6. The molecule has 0 saturated carbocycles. The third-order valence-electron chi connectivity index (χ3n) is 1.59. The van der Waals surface area contributed by atoms with E-state index in [1.54, 1.807) is 18.2 Å². The Balaban J connectivity index is 0.000000293. The number of rotatable bonds is 5. The Bertz CT molecular complexity index is 273. The minimum absolute atomic E-state index is 0.139. The number of aromatic carboxylic acids is 1. The summed E-state index contributed by atoms with van der Waals surface area (Å²) in [5, 5.41) is 29.2. The van der Waals surface area contributed by atoms with Crippen molar-refractivity contribution < 1.29 is 20.1 Å². The van der Waals surface area contributed by atoms with Crippen LogP contribution in [0.15, 0.2) is 30.3 Å². The molecule has 0 amide bonds. The van der Waals surface area contributed by atoms with E-state index >= 15 is 0 Å². The second-order valence-corrected chi connectivity index (χ2v) is 2.85. The van der Waals surface area contributed by atoms with Crippen LogP contribution in [-0.2, 0) is 0 Å². The third kappa shape index (κ3) is 7.93. The van der Waals surface area contributed by atoms with Gasteiger partial charge in [-0.05, 0) is 5.56 Å². The number of carboxylic acid groups (broad SMARTS) is 1. The van der Waals surface area contributed by atoms with Crippen LogP contribution in [0.5, 0.6) is 0 Å². The summed E-state index contributed by atoms with van der Waals surface area (Å²) in [5.74, 6) is -1.13. The fourth-order valence-corrected chi connectivity index (χ4v) is 0.857. The molecule has 0 aromatic heterocycles. The largest absolute Gasteiger partial charge is 0.545 e. The second-order valence-electron chi connectivity index (χ2n) is 2.85. The number of nitrogens with one attached hydrogen (secondary N) is 1. The zero-order valence-corrected chi connectivity index (χ0v) is 8.93. The van der Waals surface area contributed by atoms with E-state index in [0.717, 1.165) is 0 Å². The number of hydrogen-bond acceptors (Lipinski definition) is 5. The van der Waals surface area contributed by atoms with Gasteiger partial charge in [0.15, 0.2) is 0 Å². The highest BCUT2D eigenvalue weighted by atomic mass is 16.4. The number of hydrogen-bond donors (Lipinski definition) is 3. The van der Waals surface area contributed by atoms with E-state index in [1.165, 1.54) is 12.1 Å². The SMILES string of the molecule is O=C([O-])c1ccccc1.OCCNCCO. The van der Waals surface area contributed by atoms with Gasteiger partial charge in [0.1, 0.15) is 0 Å². The lowest BCUT2D eigenvalue weighted by Crippen LogP contribution is -2.21.